The number of ketones is 1. The third kappa shape index (κ3) is 28.2. The van der Waals surface area contributed by atoms with Crippen molar-refractivity contribution in [2.75, 3.05) is 26.4 Å². The van der Waals surface area contributed by atoms with Gasteiger partial charge < -0.3 is 30.3 Å². The molecule has 0 spiro atoms. The normalized spacial score (nSPS) is 19.8. The summed E-state index contributed by atoms with van der Waals surface area (Å²) in [7, 11) is -4.33. The summed E-state index contributed by atoms with van der Waals surface area (Å²) in [5.74, 6) is -0.858. The van der Waals surface area contributed by atoms with E-state index in [0.29, 0.717) is 19.3 Å². The van der Waals surface area contributed by atoms with Gasteiger partial charge >= 0.3 is 13.8 Å². The minimum atomic E-state index is -4.33. The molecule has 55 heavy (non-hydrogen) atoms. The largest absolute Gasteiger partial charge is 0.492 e. The van der Waals surface area contributed by atoms with E-state index in [1.54, 1.807) is 6.08 Å². The van der Waals surface area contributed by atoms with Gasteiger partial charge in [0.15, 0.2) is 6.10 Å². The molecule has 12 heteroatoms. The molecule has 6 atom stereocenters. The number of phosphoric ester groups is 1. The van der Waals surface area contributed by atoms with Gasteiger partial charge in [0.1, 0.15) is 12.4 Å². The number of allylic oxidation sites excluding steroid dienone is 3. The lowest BCUT2D eigenvalue weighted by Gasteiger charge is -2.19. The first-order valence-corrected chi connectivity index (χ1v) is 23.1. The Hall–Kier alpha value is -1.85. The zero-order valence-electron chi connectivity index (χ0n) is 34.4. The summed E-state index contributed by atoms with van der Waals surface area (Å²) in [6.45, 7) is 3.82. The van der Waals surface area contributed by atoms with Gasteiger partial charge in [0.05, 0.1) is 31.7 Å². The standard InChI is InChI=1S/C43H78NO10P/c1-3-5-7-8-9-10-11-12-13-14-15-16-17-18-21-25-32-51-38(36-54-55(49,50)53-33-31-44)35-52-43(48)28-24-20-19-23-27-39-40(42(47)34-41(39)46)30-29-37(45)26-22-6-4-2/h10-11,25,29-30,32,37-40,42,45,47H,3-9,12-24,26-28,31,33-36,44H2,1-2H3,(H,49,50)/b11-10-,30-29+,32-25+/t37-,38+,39+,40+,42+/m0/s1. The van der Waals surface area contributed by atoms with Gasteiger partial charge in [0, 0.05) is 31.2 Å². The van der Waals surface area contributed by atoms with Crippen LogP contribution in [0.15, 0.2) is 36.6 Å². The van der Waals surface area contributed by atoms with Crippen LogP contribution >= 0.6 is 7.82 Å². The predicted molar refractivity (Wildman–Crippen MR) is 220 cm³/mol. The van der Waals surface area contributed by atoms with Gasteiger partial charge in [0.2, 0.25) is 0 Å². The fourth-order valence-corrected chi connectivity index (χ4v) is 7.46. The molecule has 0 aromatic rings. The summed E-state index contributed by atoms with van der Waals surface area (Å²) < 4.78 is 33.2. The van der Waals surface area contributed by atoms with E-state index in [2.05, 4.69) is 26.0 Å². The summed E-state index contributed by atoms with van der Waals surface area (Å²) >= 11 is 0. The van der Waals surface area contributed by atoms with E-state index in [1.807, 2.05) is 12.2 Å². The van der Waals surface area contributed by atoms with Crippen molar-refractivity contribution in [2.45, 2.75) is 186 Å². The van der Waals surface area contributed by atoms with Crippen LogP contribution in [0.5, 0.6) is 0 Å². The van der Waals surface area contributed by atoms with E-state index < -0.39 is 32.1 Å². The van der Waals surface area contributed by atoms with Crippen LogP contribution in [0.1, 0.15) is 168 Å². The molecule has 0 aliphatic heterocycles. The highest BCUT2D eigenvalue weighted by molar-refractivity contribution is 7.47. The lowest BCUT2D eigenvalue weighted by molar-refractivity contribution is -0.147. The Morgan fingerprint density at radius 1 is 0.836 bits per heavy atom. The minimum absolute atomic E-state index is 0.0642. The summed E-state index contributed by atoms with van der Waals surface area (Å²) in [4.78, 5) is 35.0. The Morgan fingerprint density at radius 2 is 1.44 bits per heavy atom. The van der Waals surface area contributed by atoms with Crippen LogP contribution in [-0.2, 0) is 32.7 Å². The van der Waals surface area contributed by atoms with Crippen molar-refractivity contribution in [3.8, 4) is 0 Å². The fraction of sp³-hybridized carbons (Fsp3) is 0.814. The van der Waals surface area contributed by atoms with E-state index in [0.717, 1.165) is 57.8 Å². The van der Waals surface area contributed by atoms with Crippen LogP contribution in [-0.4, -0.2) is 71.5 Å². The summed E-state index contributed by atoms with van der Waals surface area (Å²) in [6, 6.07) is 0. The topological polar surface area (TPSA) is 175 Å². The van der Waals surface area contributed by atoms with Crippen molar-refractivity contribution in [1.82, 2.24) is 0 Å². The lowest BCUT2D eigenvalue weighted by atomic mass is 9.88. The number of carbonyl (C=O) groups is 2. The number of unbranched alkanes of at least 4 members (excludes halogenated alkanes) is 16. The molecule has 1 rings (SSSR count). The number of hydrogen-bond donors (Lipinski definition) is 4. The maximum absolute atomic E-state index is 12.6. The molecule has 0 heterocycles. The first-order chi connectivity index (χ1) is 26.6. The van der Waals surface area contributed by atoms with Crippen LogP contribution in [0.2, 0.25) is 0 Å². The molecule has 1 aliphatic rings. The van der Waals surface area contributed by atoms with Crippen LogP contribution in [0.25, 0.3) is 0 Å². The fourth-order valence-electron chi connectivity index (χ4n) is 6.69. The monoisotopic (exact) mass is 800 g/mol. The molecule has 0 saturated heterocycles. The van der Waals surface area contributed by atoms with E-state index in [1.165, 1.54) is 70.5 Å². The molecule has 0 bridgehead atoms. The average Bonchev–Trinajstić information content (AvgIpc) is 3.43. The zero-order valence-corrected chi connectivity index (χ0v) is 35.3. The van der Waals surface area contributed by atoms with E-state index in [-0.39, 0.29) is 56.8 Å². The smallest absolute Gasteiger partial charge is 0.472 e. The highest BCUT2D eigenvalue weighted by atomic mass is 31.2. The number of ether oxygens (including phenoxy) is 2. The van der Waals surface area contributed by atoms with Crippen LogP contribution in [0, 0.1) is 11.8 Å². The Bertz CT molecular complexity index is 1100. The predicted octanol–water partition coefficient (Wildman–Crippen LogP) is 9.57. The first-order valence-electron chi connectivity index (χ1n) is 21.6. The molecule has 0 aromatic heterocycles. The molecule has 0 amide bonds. The van der Waals surface area contributed by atoms with E-state index in [9.17, 15) is 29.3 Å². The minimum Gasteiger partial charge on any atom is -0.492 e. The molecule has 5 N–H and O–H groups in total. The molecule has 1 saturated carbocycles. The van der Waals surface area contributed by atoms with Crippen molar-refractivity contribution < 1.29 is 47.8 Å². The van der Waals surface area contributed by atoms with Crippen molar-refractivity contribution in [1.29, 1.82) is 0 Å². The zero-order chi connectivity index (χ0) is 40.4. The van der Waals surface area contributed by atoms with Crippen molar-refractivity contribution in [2.24, 2.45) is 17.6 Å². The first kappa shape index (κ1) is 51.2. The van der Waals surface area contributed by atoms with Crippen molar-refractivity contribution in [3.05, 3.63) is 36.6 Å². The van der Waals surface area contributed by atoms with Gasteiger partial charge in [-0.05, 0) is 63.9 Å². The maximum atomic E-state index is 12.6. The van der Waals surface area contributed by atoms with Gasteiger partial charge in [-0.3, -0.25) is 18.6 Å². The number of rotatable bonds is 37. The third-order valence-corrected chi connectivity index (χ3v) is 11.0. The van der Waals surface area contributed by atoms with E-state index in [4.69, 9.17) is 24.3 Å². The summed E-state index contributed by atoms with van der Waals surface area (Å²) in [5.41, 5.74) is 5.36. The van der Waals surface area contributed by atoms with Gasteiger partial charge in [0.25, 0.3) is 0 Å². The molecule has 11 nitrogen and oxygen atoms in total. The van der Waals surface area contributed by atoms with Crippen LogP contribution < -0.4 is 5.73 Å². The number of aliphatic hydroxyl groups is 2. The highest BCUT2D eigenvalue weighted by Crippen LogP contribution is 2.43. The second-order valence-electron chi connectivity index (χ2n) is 15.0. The second kappa shape index (κ2) is 34.2. The third-order valence-electron chi connectivity index (χ3n) is 10.0. The maximum Gasteiger partial charge on any atom is 0.472 e. The van der Waals surface area contributed by atoms with Crippen molar-refractivity contribution in [3.63, 3.8) is 0 Å². The van der Waals surface area contributed by atoms with Crippen LogP contribution in [0.3, 0.4) is 0 Å². The van der Waals surface area contributed by atoms with Gasteiger partial charge in [-0.15, -0.1) is 0 Å². The molecule has 0 radical (unpaired) electrons. The molecular weight excluding hydrogens is 721 g/mol. The average molecular weight is 800 g/mol. The summed E-state index contributed by atoms with van der Waals surface area (Å²) in [6.07, 6.45) is 33.0. The Labute approximate surface area is 333 Å². The van der Waals surface area contributed by atoms with Crippen LogP contribution in [0.4, 0.5) is 0 Å². The Morgan fingerprint density at radius 3 is 2.11 bits per heavy atom. The molecule has 1 fully saturated rings. The Kier molecular flexibility index (Phi) is 31.8. The number of carbonyl (C=O) groups excluding carboxylic acids is 2. The number of esters is 1. The number of aliphatic hydroxyl groups excluding tert-OH is 2. The second-order valence-corrected chi connectivity index (χ2v) is 16.5. The molecule has 1 unspecified atom stereocenters. The SMILES string of the molecule is CCCCCC/C=C\CCCCCCCC/C=C/O[C@H](COC(=O)CCCCCC[C@H]1C(=O)C[C@@H](O)[C@@H]1/C=C/[C@@H](O)CCCCC)COP(=O)(O)OCCN. The van der Waals surface area contributed by atoms with Gasteiger partial charge in [-0.1, -0.05) is 122 Å². The highest BCUT2D eigenvalue weighted by Gasteiger charge is 2.39. The quantitative estimate of drug-likeness (QED) is 0.0155. The number of nitrogens with two attached hydrogens (primary N) is 1. The Balaban J connectivity index is 2.35. The van der Waals surface area contributed by atoms with Gasteiger partial charge in [-0.25, -0.2) is 4.57 Å². The van der Waals surface area contributed by atoms with Crippen molar-refractivity contribution >= 4 is 19.6 Å². The lowest BCUT2D eigenvalue weighted by Crippen LogP contribution is -2.25. The molecule has 320 valence electrons. The molecule has 0 aromatic carbocycles. The number of phosphoric acid groups is 1. The summed E-state index contributed by atoms with van der Waals surface area (Å²) in [5, 5.41) is 20.7. The molecule has 1 aliphatic carbocycles. The number of hydrogen-bond acceptors (Lipinski definition) is 10. The number of Topliss-reactive ketones (excluding diaryl/α,β-unsaturated/α-hetero) is 1. The van der Waals surface area contributed by atoms with E-state index >= 15 is 0 Å². The van der Waals surface area contributed by atoms with Gasteiger partial charge in [-0.2, -0.15) is 0 Å². The molecular formula is C43H78NO10P.